The topological polar surface area (TPSA) is 143 Å². The lowest BCUT2D eigenvalue weighted by atomic mass is 9.99. The molecule has 0 saturated carbocycles. The van der Waals surface area contributed by atoms with E-state index >= 15 is 0 Å². The molecule has 0 radical (unpaired) electrons. The zero-order valence-electron chi connectivity index (χ0n) is 20.0. The van der Waals surface area contributed by atoms with Gasteiger partial charge in [0.05, 0.1) is 43.1 Å². The maximum atomic E-state index is 11.1. The molecule has 4 atom stereocenters. The predicted molar refractivity (Wildman–Crippen MR) is 125 cm³/mol. The standard InChI is InChI=1S/C18H30N4O6.2C2H6/c1-12(19)5-18(22(25)26)13(2)20-7-16-10-28-17(11-27-16)8-21-4-3-15(24)6-14(21)9-23;2*1-2/h5,14-17,20,23-24H,1-4,6-11,19H2;2*1-2H3/b18-5+;;. The molecule has 4 unspecified atom stereocenters. The average molecular weight is 459 g/mol. The quantitative estimate of drug-likeness (QED) is 0.229. The lowest BCUT2D eigenvalue weighted by Crippen LogP contribution is -2.52. The van der Waals surface area contributed by atoms with Gasteiger partial charge in [0, 0.05) is 37.4 Å². The first-order valence-electron chi connectivity index (χ1n) is 11.3. The molecule has 2 fully saturated rings. The summed E-state index contributed by atoms with van der Waals surface area (Å²) >= 11 is 0. The highest BCUT2D eigenvalue weighted by atomic mass is 16.6. The van der Waals surface area contributed by atoms with E-state index in [4.69, 9.17) is 15.2 Å². The summed E-state index contributed by atoms with van der Waals surface area (Å²) in [6.45, 7) is 17.5. The van der Waals surface area contributed by atoms with Gasteiger partial charge in [0.1, 0.15) is 5.70 Å². The molecule has 10 nitrogen and oxygen atoms in total. The van der Waals surface area contributed by atoms with Crippen LogP contribution in [0.5, 0.6) is 0 Å². The number of likely N-dealkylation sites (tertiary alicyclic amines) is 1. The van der Waals surface area contributed by atoms with E-state index < -0.39 is 4.92 Å². The molecule has 2 heterocycles. The number of aliphatic hydroxyl groups excluding tert-OH is 2. The monoisotopic (exact) mass is 458 g/mol. The second-order valence-corrected chi connectivity index (χ2v) is 7.14. The van der Waals surface area contributed by atoms with Gasteiger partial charge < -0.3 is 30.7 Å². The van der Waals surface area contributed by atoms with Gasteiger partial charge in [0.2, 0.25) is 0 Å². The fourth-order valence-corrected chi connectivity index (χ4v) is 3.33. The number of nitrogens with zero attached hydrogens (tertiary/aromatic N) is 2. The van der Waals surface area contributed by atoms with Crippen molar-refractivity contribution in [3.8, 4) is 0 Å². The van der Waals surface area contributed by atoms with Crippen molar-refractivity contribution in [2.45, 2.75) is 64.9 Å². The van der Waals surface area contributed by atoms with Crippen molar-refractivity contribution in [1.29, 1.82) is 0 Å². The Hall–Kier alpha value is -1.98. The van der Waals surface area contributed by atoms with Crippen LogP contribution in [0.15, 0.2) is 36.3 Å². The van der Waals surface area contributed by atoms with Gasteiger partial charge in [-0.2, -0.15) is 0 Å². The number of aliphatic hydroxyl groups is 2. The fraction of sp³-hybridized carbons (Fsp3) is 0.727. The minimum atomic E-state index is -0.575. The third kappa shape index (κ3) is 10.6. The van der Waals surface area contributed by atoms with E-state index in [-0.39, 0.29) is 48.1 Å². The number of nitrogens with one attached hydrogen (secondary N) is 1. The largest absolute Gasteiger partial charge is 0.399 e. The van der Waals surface area contributed by atoms with Crippen molar-refractivity contribution in [2.24, 2.45) is 5.73 Å². The van der Waals surface area contributed by atoms with Crippen LogP contribution in [-0.4, -0.2) is 83.8 Å². The molecule has 0 spiro atoms. The number of nitro groups is 1. The van der Waals surface area contributed by atoms with Crippen molar-refractivity contribution in [3.63, 3.8) is 0 Å². The molecule has 2 rings (SSSR count). The second kappa shape index (κ2) is 16.6. The highest BCUT2D eigenvalue weighted by molar-refractivity contribution is 5.27. The first-order valence-corrected chi connectivity index (χ1v) is 11.3. The predicted octanol–water partition coefficient (Wildman–Crippen LogP) is 1.38. The average Bonchev–Trinajstić information content (AvgIpc) is 2.80. The number of ether oxygens (including phenoxy) is 2. The lowest BCUT2D eigenvalue weighted by molar-refractivity contribution is -0.421. The highest BCUT2D eigenvalue weighted by Crippen LogP contribution is 2.19. The normalized spacial score (nSPS) is 26.0. The van der Waals surface area contributed by atoms with Crippen molar-refractivity contribution < 1.29 is 24.6 Å². The zero-order valence-corrected chi connectivity index (χ0v) is 20.0. The maximum Gasteiger partial charge on any atom is 0.293 e. The van der Waals surface area contributed by atoms with Crippen molar-refractivity contribution in [1.82, 2.24) is 10.2 Å². The molecule has 0 aromatic heterocycles. The molecule has 2 aliphatic rings. The number of hydrogen-bond acceptors (Lipinski definition) is 9. The summed E-state index contributed by atoms with van der Waals surface area (Å²) in [5, 5.41) is 33.2. The van der Waals surface area contributed by atoms with Crippen molar-refractivity contribution in [2.75, 3.05) is 39.5 Å². The summed E-state index contributed by atoms with van der Waals surface area (Å²) in [6, 6.07) is -0.0697. The van der Waals surface area contributed by atoms with Crippen LogP contribution in [0.25, 0.3) is 0 Å². The molecule has 10 heteroatoms. The molecular formula is C22H42N4O6. The van der Waals surface area contributed by atoms with Crippen molar-refractivity contribution >= 4 is 0 Å². The van der Waals surface area contributed by atoms with E-state index in [2.05, 4.69) is 23.4 Å². The number of piperidine rings is 1. The minimum Gasteiger partial charge on any atom is -0.399 e. The Labute approximate surface area is 191 Å². The van der Waals surface area contributed by atoms with Crippen LogP contribution in [0.2, 0.25) is 0 Å². The first-order chi connectivity index (χ1) is 15.3. The molecule has 5 N–H and O–H groups in total. The van der Waals surface area contributed by atoms with Gasteiger partial charge in [-0.25, -0.2) is 0 Å². The summed E-state index contributed by atoms with van der Waals surface area (Å²) in [5.74, 6) is 0. The van der Waals surface area contributed by atoms with Crippen LogP contribution in [0.1, 0.15) is 40.5 Å². The van der Waals surface area contributed by atoms with E-state index in [0.29, 0.717) is 45.7 Å². The molecule has 2 saturated heterocycles. The number of nitrogens with two attached hydrogens (primary N) is 1. The van der Waals surface area contributed by atoms with E-state index in [1.54, 1.807) is 0 Å². The van der Waals surface area contributed by atoms with Crippen LogP contribution in [0, 0.1) is 10.1 Å². The Morgan fingerprint density at radius 2 is 1.84 bits per heavy atom. The van der Waals surface area contributed by atoms with E-state index in [0.717, 1.165) is 6.08 Å². The van der Waals surface area contributed by atoms with Crippen LogP contribution >= 0.6 is 0 Å². The third-order valence-electron chi connectivity index (χ3n) is 4.87. The Kier molecular flexibility index (Phi) is 15.6. The molecule has 0 bridgehead atoms. The Morgan fingerprint density at radius 3 is 2.34 bits per heavy atom. The molecule has 0 aliphatic carbocycles. The smallest absolute Gasteiger partial charge is 0.293 e. The SMILES string of the molecule is C=C(N)/C=C(\C(=C)NCC1COC(CN2CCC(O)CC2CO)CO1)[N+](=O)[O-].CC.CC. The van der Waals surface area contributed by atoms with Gasteiger partial charge >= 0.3 is 0 Å². The first kappa shape index (κ1) is 30.0. The summed E-state index contributed by atoms with van der Waals surface area (Å²) in [7, 11) is 0. The van der Waals surface area contributed by atoms with Gasteiger partial charge in [-0.3, -0.25) is 15.0 Å². The summed E-state index contributed by atoms with van der Waals surface area (Å²) in [6.07, 6.45) is 1.63. The third-order valence-corrected chi connectivity index (χ3v) is 4.87. The summed E-state index contributed by atoms with van der Waals surface area (Å²) in [5.41, 5.74) is 5.35. The lowest BCUT2D eigenvalue weighted by Gasteiger charge is -2.40. The minimum absolute atomic E-state index is 0.000808. The van der Waals surface area contributed by atoms with E-state index in [9.17, 15) is 20.3 Å². The molecule has 0 aromatic rings. The molecule has 32 heavy (non-hydrogen) atoms. The molecule has 2 aliphatic heterocycles. The molecule has 0 aromatic carbocycles. The van der Waals surface area contributed by atoms with Crippen LogP contribution in [0.3, 0.4) is 0 Å². The maximum absolute atomic E-state index is 11.1. The van der Waals surface area contributed by atoms with Gasteiger partial charge in [0.15, 0.2) is 0 Å². The van der Waals surface area contributed by atoms with Crippen LogP contribution in [0.4, 0.5) is 0 Å². The molecule has 0 amide bonds. The fourth-order valence-electron chi connectivity index (χ4n) is 3.33. The molecule has 186 valence electrons. The Morgan fingerprint density at radius 1 is 1.25 bits per heavy atom. The van der Waals surface area contributed by atoms with E-state index in [1.807, 2.05) is 27.7 Å². The Bertz CT molecular complexity index is 605. The van der Waals surface area contributed by atoms with Gasteiger partial charge in [-0.15, -0.1) is 0 Å². The van der Waals surface area contributed by atoms with E-state index in [1.165, 1.54) is 0 Å². The number of hydrogen-bond donors (Lipinski definition) is 4. The van der Waals surface area contributed by atoms with Crippen LogP contribution < -0.4 is 11.1 Å². The number of allylic oxidation sites excluding steroid dienone is 1. The molecular weight excluding hydrogens is 416 g/mol. The Balaban J connectivity index is 0.00000227. The summed E-state index contributed by atoms with van der Waals surface area (Å²) in [4.78, 5) is 12.6. The number of rotatable bonds is 9. The second-order valence-electron chi connectivity index (χ2n) is 7.14. The summed E-state index contributed by atoms with van der Waals surface area (Å²) < 4.78 is 11.6. The van der Waals surface area contributed by atoms with Gasteiger partial charge in [-0.1, -0.05) is 40.9 Å². The van der Waals surface area contributed by atoms with Gasteiger partial charge in [0.25, 0.3) is 5.70 Å². The zero-order chi connectivity index (χ0) is 24.7. The van der Waals surface area contributed by atoms with Gasteiger partial charge in [-0.05, 0) is 12.8 Å². The highest BCUT2D eigenvalue weighted by Gasteiger charge is 2.31. The van der Waals surface area contributed by atoms with Crippen molar-refractivity contribution in [3.05, 3.63) is 46.4 Å². The van der Waals surface area contributed by atoms with Crippen LogP contribution in [-0.2, 0) is 9.47 Å².